The van der Waals surface area contributed by atoms with Crippen LogP contribution in [-0.2, 0) is 0 Å². The lowest BCUT2D eigenvalue weighted by Crippen LogP contribution is -2.49. The van der Waals surface area contributed by atoms with E-state index in [2.05, 4.69) is 27.1 Å². The minimum absolute atomic E-state index is 0.499. The molecule has 0 bridgehead atoms. The van der Waals surface area contributed by atoms with Gasteiger partial charge in [0.15, 0.2) is 0 Å². The maximum atomic E-state index is 4.62. The minimum Gasteiger partial charge on any atom is -0.338 e. The third-order valence-electron chi connectivity index (χ3n) is 3.13. The van der Waals surface area contributed by atoms with Crippen LogP contribution in [0.15, 0.2) is 30.5 Å². The zero-order chi connectivity index (χ0) is 11.7. The molecule has 1 aromatic heterocycles. The topological polar surface area (TPSA) is 41.1 Å². The van der Waals surface area contributed by atoms with E-state index in [4.69, 9.17) is 0 Å². The van der Waals surface area contributed by atoms with Crippen LogP contribution in [0.3, 0.4) is 0 Å². The zero-order valence-electron chi connectivity index (χ0n) is 9.93. The molecule has 0 spiro atoms. The van der Waals surface area contributed by atoms with Crippen LogP contribution in [0.25, 0.3) is 10.9 Å². The molecule has 2 heterocycles. The molecular weight excluding hydrogens is 212 g/mol. The molecule has 0 unspecified atom stereocenters. The van der Waals surface area contributed by atoms with Crippen LogP contribution in [0, 0.1) is 0 Å². The highest BCUT2D eigenvalue weighted by atomic mass is 15.3. The smallest absolute Gasteiger partial charge is 0.225 e. The standard InChI is InChI=1S/C13H16N4/c1-10-9-17(7-6-14-10)13-15-8-11-4-2-3-5-12(11)16-13/h2-5,8,10,14H,6-7,9H2,1H3/t10-/m1/s1. The highest BCUT2D eigenvalue weighted by Gasteiger charge is 2.17. The lowest BCUT2D eigenvalue weighted by atomic mass is 10.2. The summed E-state index contributed by atoms with van der Waals surface area (Å²) < 4.78 is 0. The van der Waals surface area contributed by atoms with E-state index in [0.29, 0.717) is 6.04 Å². The van der Waals surface area contributed by atoms with Crippen molar-refractivity contribution in [2.75, 3.05) is 24.5 Å². The molecule has 17 heavy (non-hydrogen) atoms. The second kappa shape index (κ2) is 4.30. The van der Waals surface area contributed by atoms with E-state index in [0.717, 1.165) is 36.5 Å². The number of para-hydroxylation sites is 1. The molecule has 1 N–H and O–H groups in total. The highest BCUT2D eigenvalue weighted by Crippen LogP contribution is 2.15. The third-order valence-corrected chi connectivity index (χ3v) is 3.13. The number of anilines is 1. The molecule has 4 nitrogen and oxygen atoms in total. The normalized spacial score (nSPS) is 20.8. The van der Waals surface area contributed by atoms with Crippen molar-refractivity contribution < 1.29 is 0 Å². The second-order valence-corrected chi connectivity index (χ2v) is 4.53. The molecule has 1 saturated heterocycles. The predicted molar refractivity (Wildman–Crippen MR) is 69.2 cm³/mol. The molecule has 2 aromatic rings. The van der Waals surface area contributed by atoms with Crippen molar-refractivity contribution in [1.82, 2.24) is 15.3 Å². The lowest BCUT2D eigenvalue weighted by molar-refractivity contribution is 0.480. The molecule has 1 fully saturated rings. The van der Waals surface area contributed by atoms with Gasteiger partial charge >= 0.3 is 0 Å². The van der Waals surface area contributed by atoms with Gasteiger partial charge in [0.25, 0.3) is 0 Å². The molecule has 88 valence electrons. The molecule has 1 aromatic carbocycles. The summed E-state index contributed by atoms with van der Waals surface area (Å²) in [6.45, 7) is 5.13. The molecule has 1 aliphatic heterocycles. The first kappa shape index (κ1) is 10.5. The number of nitrogens with one attached hydrogen (secondary N) is 1. The quantitative estimate of drug-likeness (QED) is 0.801. The van der Waals surface area contributed by atoms with Crippen molar-refractivity contribution in [3.8, 4) is 0 Å². The molecule has 0 amide bonds. The van der Waals surface area contributed by atoms with Crippen molar-refractivity contribution in [3.05, 3.63) is 30.5 Å². The van der Waals surface area contributed by atoms with Gasteiger partial charge in [-0.25, -0.2) is 9.97 Å². The number of piperazine rings is 1. The highest BCUT2D eigenvalue weighted by molar-refractivity contribution is 5.78. The van der Waals surface area contributed by atoms with Crippen molar-refractivity contribution >= 4 is 16.9 Å². The molecule has 1 atom stereocenters. The Morgan fingerprint density at radius 1 is 1.35 bits per heavy atom. The number of hydrogen-bond donors (Lipinski definition) is 1. The first-order valence-electron chi connectivity index (χ1n) is 6.03. The molecular formula is C13H16N4. The van der Waals surface area contributed by atoms with Crippen molar-refractivity contribution in [2.45, 2.75) is 13.0 Å². The van der Waals surface area contributed by atoms with Gasteiger partial charge in [-0.3, -0.25) is 0 Å². The number of fused-ring (bicyclic) bond motifs is 1. The van der Waals surface area contributed by atoms with E-state index in [-0.39, 0.29) is 0 Å². The molecule has 3 rings (SSSR count). The van der Waals surface area contributed by atoms with Crippen LogP contribution >= 0.6 is 0 Å². The number of nitrogens with zero attached hydrogens (tertiary/aromatic N) is 3. The van der Waals surface area contributed by atoms with Crippen molar-refractivity contribution in [3.63, 3.8) is 0 Å². The Kier molecular flexibility index (Phi) is 2.65. The van der Waals surface area contributed by atoms with Crippen LogP contribution < -0.4 is 10.2 Å². The largest absolute Gasteiger partial charge is 0.338 e. The van der Waals surface area contributed by atoms with Crippen LogP contribution in [-0.4, -0.2) is 35.6 Å². The monoisotopic (exact) mass is 228 g/mol. The van der Waals surface area contributed by atoms with Gasteiger partial charge in [0, 0.05) is 37.3 Å². The predicted octanol–water partition coefficient (Wildman–Crippen LogP) is 1.43. The van der Waals surface area contributed by atoms with Crippen LogP contribution in [0.1, 0.15) is 6.92 Å². The summed E-state index contributed by atoms with van der Waals surface area (Å²) in [5.41, 5.74) is 1.02. The van der Waals surface area contributed by atoms with Gasteiger partial charge in [-0.05, 0) is 13.0 Å². The van der Waals surface area contributed by atoms with E-state index in [1.54, 1.807) is 0 Å². The molecule has 0 radical (unpaired) electrons. The van der Waals surface area contributed by atoms with Gasteiger partial charge < -0.3 is 10.2 Å². The van der Waals surface area contributed by atoms with Gasteiger partial charge in [0.2, 0.25) is 5.95 Å². The molecule has 0 aliphatic carbocycles. The van der Waals surface area contributed by atoms with E-state index in [1.165, 1.54) is 0 Å². The van der Waals surface area contributed by atoms with Crippen molar-refractivity contribution in [1.29, 1.82) is 0 Å². The maximum Gasteiger partial charge on any atom is 0.225 e. The number of hydrogen-bond acceptors (Lipinski definition) is 4. The SMILES string of the molecule is C[C@@H]1CN(c2ncc3ccccc3n2)CCN1. The average molecular weight is 228 g/mol. The van der Waals surface area contributed by atoms with E-state index < -0.39 is 0 Å². The van der Waals surface area contributed by atoms with Gasteiger partial charge in [-0.2, -0.15) is 0 Å². The van der Waals surface area contributed by atoms with Crippen LogP contribution in [0.4, 0.5) is 5.95 Å². The van der Waals surface area contributed by atoms with Gasteiger partial charge in [0.1, 0.15) is 0 Å². The third kappa shape index (κ3) is 2.08. The van der Waals surface area contributed by atoms with E-state index in [1.807, 2.05) is 30.5 Å². The summed E-state index contributed by atoms with van der Waals surface area (Å²) in [5, 5.41) is 4.52. The molecule has 4 heteroatoms. The van der Waals surface area contributed by atoms with Crippen LogP contribution in [0.5, 0.6) is 0 Å². The Morgan fingerprint density at radius 2 is 2.24 bits per heavy atom. The van der Waals surface area contributed by atoms with Crippen LogP contribution in [0.2, 0.25) is 0 Å². The number of aromatic nitrogens is 2. The molecule has 0 saturated carbocycles. The zero-order valence-corrected chi connectivity index (χ0v) is 9.93. The lowest BCUT2D eigenvalue weighted by Gasteiger charge is -2.31. The Balaban J connectivity index is 1.94. The maximum absolute atomic E-state index is 4.62. The summed E-state index contributed by atoms with van der Waals surface area (Å²) >= 11 is 0. The summed E-state index contributed by atoms with van der Waals surface area (Å²) in [5.74, 6) is 0.844. The Hall–Kier alpha value is -1.68. The Labute approximate surface area is 101 Å². The second-order valence-electron chi connectivity index (χ2n) is 4.53. The summed E-state index contributed by atoms with van der Waals surface area (Å²) in [4.78, 5) is 11.3. The van der Waals surface area contributed by atoms with Gasteiger partial charge in [0.05, 0.1) is 5.52 Å². The fourth-order valence-electron chi connectivity index (χ4n) is 2.23. The first-order valence-corrected chi connectivity index (χ1v) is 6.03. The van der Waals surface area contributed by atoms with Gasteiger partial charge in [-0.1, -0.05) is 18.2 Å². The molecule has 1 aliphatic rings. The minimum atomic E-state index is 0.499. The number of rotatable bonds is 1. The Bertz CT molecular complexity index is 526. The summed E-state index contributed by atoms with van der Waals surface area (Å²) in [7, 11) is 0. The van der Waals surface area contributed by atoms with Crippen molar-refractivity contribution in [2.24, 2.45) is 0 Å². The number of benzene rings is 1. The Morgan fingerprint density at radius 3 is 3.12 bits per heavy atom. The fraction of sp³-hybridized carbons (Fsp3) is 0.385. The van der Waals surface area contributed by atoms with E-state index in [9.17, 15) is 0 Å². The summed E-state index contributed by atoms with van der Waals surface area (Å²) in [6.07, 6.45) is 1.91. The van der Waals surface area contributed by atoms with E-state index >= 15 is 0 Å². The first-order chi connectivity index (χ1) is 8.33. The fourth-order valence-corrected chi connectivity index (χ4v) is 2.23. The van der Waals surface area contributed by atoms with Gasteiger partial charge in [-0.15, -0.1) is 0 Å². The summed E-state index contributed by atoms with van der Waals surface area (Å²) in [6, 6.07) is 8.60. The average Bonchev–Trinajstić information content (AvgIpc) is 2.38.